The minimum Gasteiger partial charge on any atom is -0.462 e. The second kappa shape index (κ2) is 21.8. The van der Waals surface area contributed by atoms with E-state index in [2.05, 4.69) is 52.1 Å². The monoisotopic (exact) mass is 902 g/mol. The summed E-state index contributed by atoms with van der Waals surface area (Å²) in [6.07, 6.45) is 10.1. The average molecular weight is 902 g/mol. The van der Waals surface area contributed by atoms with Crippen LogP contribution in [0.25, 0.3) is 0 Å². The Morgan fingerprint density at radius 1 is 0.906 bits per heavy atom. The van der Waals surface area contributed by atoms with Gasteiger partial charge in [-0.3, -0.25) is 4.79 Å². The van der Waals surface area contributed by atoms with Gasteiger partial charge < -0.3 is 62.9 Å². The van der Waals surface area contributed by atoms with Crippen LogP contribution in [0.3, 0.4) is 0 Å². The standard InChI is InChI=1S/C50H79NO13/c1-14-27(2)45-30(5)20-21-49(64-45)25-33(8)58-48(53)37-22-31(6)43(52)47-50(37,54)36(26-57-47)17-15-16-28(3)44(29(4)18-19-32(7)63-49)61-41-24-39(56-13)46(35(10)60-41)62-40-23-38(55-12)42(51-11)34(9)59-40/h15-18,20-22,27-28,30,32-35,37-47,51-52,54H,14,19,23-26H2,1-13H3/b16-15+,29-18+,36-17+/t27?,28-,30-,32-,33-,34-,35-,37-,38-,39-,40-,41-,42+,43+,44-,45+,46-,47?,49+,50?/m0/s1. The lowest BCUT2D eigenvalue weighted by atomic mass is 9.71. The molecule has 0 amide bonds. The minimum atomic E-state index is -1.85. The summed E-state index contributed by atoms with van der Waals surface area (Å²) in [5.74, 6) is -2.71. The quantitative estimate of drug-likeness (QED) is 0.176. The molecule has 3 saturated heterocycles. The van der Waals surface area contributed by atoms with Crippen molar-refractivity contribution in [3.05, 3.63) is 59.3 Å². The van der Waals surface area contributed by atoms with Crippen LogP contribution in [0, 0.1) is 23.7 Å². The van der Waals surface area contributed by atoms with Gasteiger partial charge in [-0.05, 0) is 83.7 Å². The van der Waals surface area contributed by atoms with Crippen LogP contribution in [0.2, 0.25) is 0 Å². The summed E-state index contributed by atoms with van der Waals surface area (Å²) in [6.45, 7) is 20.2. The van der Waals surface area contributed by atoms with E-state index in [1.165, 1.54) is 0 Å². The summed E-state index contributed by atoms with van der Waals surface area (Å²) >= 11 is 0. The number of rotatable bonds is 9. The first-order chi connectivity index (χ1) is 30.4. The number of hydrogen-bond acceptors (Lipinski definition) is 14. The van der Waals surface area contributed by atoms with Crippen LogP contribution in [0.15, 0.2) is 59.3 Å². The van der Waals surface area contributed by atoms with Gasteiger partial charge in [-0.25, -0.2) is 0 Å². The van der Waals surface area contributed by atoms with Crippen molar-refractivity contribution in [3.63, 3.8) is 0 Å². The number of carbonyl (C=O) groups is 1. The van der Waals surface area contributed by atoms with Crippen molar-refractivity contribution in [2.45, 2.75) is 198 Å². The molecule has 362 valence electrons. The first-order valence-electron chi connectivity index (χ1n) is 23.7. The van der Waals surface area contributed by atoms with Crippen LogP contribution in [-0.2, 0) is 52.2 Å². The van der Waals surface area contributed by atoms with Crippen LogP contribution < -0.4 is 5.32 Å². The molecule has 3 fully saturated rings. The molecule has 20 atom stereocenters. The van der Waals surface area contributed by atoms with Crippen LogP contribution in [0.5, 0.6) is 0 Å². The summed E-state index contributed by atoms with van der Waals surface area (Å²) < 4.78 is 64.4. The molecule has 5 heterocycles. The highest BCUT2D eigenvalue weighted by atomic mass is 16.7. The Kier molecular flexibility index (Phi) is 17.4. The summed E-state index contributed by atoms with van der Waals surface area (Å²) in [5.41, 5.74) is 0.139. The molecule has 0 aromatic carbocycles. The van der Waals surface area contributed by atoms with Gasteiger partial charge in [0.15, 0.2) is 18.4 Å². The molecule has 5 aliphatic heterocycles. The predicted octanol–water partition coefficient (Wildman–Crippen LogP) is 6.24. The molecule has 0 bridgehead atoms. The molecule has 3 N–H and O–H groups in total. The van der Waals surface area contributed by atoms with Crippen molar-refractivity contribution < 1.29 is 62.4 Å². The van der Waals surface area contributed by atoms with Crippen molar-refractivity contribution in [3.8, 4) is 0 Å². The summed E-state index contributed by atoms with van der Waals surface area (Å²) in [5, 5.41) is 27.0. The highest BCUT2D eigenvalue weighted by Gasteiger charge is 2.60. The summed E-state index contributed by atoms with van der Waals surface area (Å²) in [4.78, 5) is 14.2. The minimum absolute atomic E-state index is 0.0291. The molecule has 0 aromatic heterocycles. The van der Waals surface area contributed by atoms with E-state index < -0.39 is 66.4 Å². The molecule has 6 aliphatic rings. The third kappa shape index (κ3) is 11.0. The number of esters is 1. The summed E-state index contributed by atoms with van der Waals surface area (Å²) in [6, 6.07) is 0.0419. The maximum Gasteiger partial charge on any atom is 0.316 e. The lowest BCUT2D eigenvalue weighted by molar-refractivity contribution is -0.312. The SMILES string of the molecule is CCC(C)[C@H]1O[C@]2(C=C[C@@H]1C)C[C@H](C)OC(=O)[C@@H]1C=C(C)[C@@H](O)C3OC/C(=C\C=C\[C@H](C)[C@H](O[C@H]4C[C@H](OC)[C@@H](O[C@H]5C[C@H](OC)[C@H](NC)[C@H](C)O5)[C@H](C)O4)/C(C)=C/C[C@H](C)O2)C31O. The van der Waals surface area contributed by atoms with Crippen LogP contribution >= 0.6 is 0 Å². The Hall–Kier alpha value is -2.31. The molecular weight excluding hydrogens is 823 g/mol. The number of nitrogens with one attached hydrogen (secondary N) is 1. The highest BCUT2D eigenvalue weighted by molar-refractivity contribution is 5.78. The zero-order valence-electron chi connectivity index (χ0n) is 40.6. The lowest BCUT2D eigenvalue weighted by Gasteiger charge is -2.45. The van der Waals surface area contributed by atoms with E-state index in [-0.39, 0.29) is 73.4 Å². The van der Waals surface area contributed by atoms with Crippen molar-refractivity contribution in [1.29, 1.82) is 0 Å². The van der Waals surface area contributed by atoms with Gasteiger partial charge in [-0.15, -0.1) is 0 Å². The van der Waals surface area contributed by atoms with E-state index in [9.17, 15) is 15.0 Å². The third-order valence-corrected chi connectivity index (χ3v) is 14.6. The van der Waals surface area contributed by atoms with E-state index in [0.717, 1.165) is 12.0 Å². The van der Waals surface area contributed by atoms with Crippen molar-refractivity contribution >= 4 is 5.97 Å². The Labute approximate surface area is 382 Å². The molecule has 64 heavy (non-hydrogen) atoms. The number of likely N-dealkylation sites (N-methyl/N-ethyl adjacent to an activating group) is 1. The number of ether oxygens (including phenoxy) is 10. The van der Waals surface area contributed by atoms with Gasteiger partial charge >= 0.3 is 5.97 Å². The van der Waals surface area contributed by atoms with Gasteiger partial charge in [0.25, 0.3) is 0 Å². The lowest BCUT2D eigenvalue weighted by Crippen LogP contribution is -2.57. The molecular formula is C50H79NO13. The number of allylic oxidation sites excluding steroid dienone is 2. The number of cyclic esters (lactones) is 1. The fourth-order valence-electron chi connectivity index (χ4n) is 10.6. The van der Waals surface area contributed by atoms with Gasteiger partial charge in [-0.1, -0.05) is 70.6 Å². The Balaban J connectivity index is 1.30. The van der Waals surface area contributed by atoms with Gasteiger partial charge in [0, 0.05) is 45.3 Å². The van der Waals surface area contributed by atoms with Crippen LogP contribution in [-0.4, -0.2) is 141 Å². The number of methoxy groups -OCH3 is 2. The zero-order valence-corrected chi connectivity index (χ0v) is 40.6. The highest BCUT2D eigenvalue weighted by Crippen LogP contribution is 2.46. The Morgan fingerprint density at radius 3 is 2.28 bits per heavy atom. The topological polar surface area (TPSA) is 162 Å². The Morgan fingerprint density at radius 2 is 1.59 bits per heavy atom. The third-order valence-electron chi connectivity index (χ3n) is 14.6. The molecule has 14 heteroatoms. The molecule has 0 saturated carbocycles. The first-order valence-corrected chi connectivity index (χ1v) is 23.7. The van der Waals surface area contributed by atoms with Gasteiger partial charge in [0.2, 0.25) is 0 Å². The van der Waals surface area contributed by atoms with E-state index in [4.69, 9.17) is 47.4 Å². The predicted molar refractivity (Wildman–Crippen MR) is 241 cm³/mol. The number of aliphatic hydroxyl groups excluding tert-OH is 1. The smallest absolute Gasteiger partial charge is 0.316 e. The van der Waals surface area contributed by atoms with Crippen molar-refractivity contribution in [2.24, 2.45) is 23.7 Å². The normalized spacial score (nSPS) is 47.5. The van der Waals surface area contributed by atoms with Crippen molar-refractivity contribution in [1.82, 2.24) is 5.32 Å². The van der Waals surface area contributed by atoms with E-state index in [1.807, 2.05) is 53.0 Å². The molecule has 14 nitrogen and oxygen atoms in total. The van der Waals surface area contributed by atoms with Gasteiger partial charge in [-0.2, -0.15) is 0 Å². The number of carbonyl (C=O) groups excluding carboxylic acids is 1. The molecule has 6 rings (SSSR count). The fraction of sp³-hybridized carbons (Fsp3) is 0.780. The van der Waals surface area contributed by atoms with E-state index in [1.54, 1.807) is 33.3 Å². The van der Waals surface area contributed by atoms with E-state index in [0.29, 0.717) is 30.4 Å². The molecule has 1 aliphatic carbocycles. The molecule has 3 unspecified atom stereocenters. The molecule has 0 aromatic rings. The first kappa shape index (κ1) is 51.1. The second-order valence-corrected chi connectivity index (χ2v) is 19.4. The number of aliphatic hydroxyl groups is 2. The second-order valence-electron chi connectivity index (χ2n) is 19.4. The molecule has 1 spiro atoms. The van der Waals surface area contributed by atoms with E-state index >= 15 is 0 Å². The molecule has 0 radical (unpaired) electrons. The maximum atomic E-state index is 14.2. The largest absolute Gasteiger partial charge is 0.462 e. The maximum absolute atomic E-state index is 14.2. The van der Waals surface area contributed by atoms with Crippen LogP contribution in [0.1, 0.15) is 101 Å². The van der Waals surface area contributed by atoms with Gasteiger partial charge in [0.1, 0.15) is 35.9 Å². The summed E-state index contributed by atoms with van der Waals surface area (Å²) in [7, 11) is 5.30. The average Bonchev–Trinajstić information content (AvgIpc) is 3.60. The zero-order chi connectivity index (χ0) is 46.7. The van der Waals surface area contributed by atoms with Crippen LogP contribution in [0.4, 0.5) is 0 Å². The Bertz CT molecular complexity index is 1730. The van der Waals surface area contributed by atoms with Gasteiger partial charge in [0.05, 0.1) is 55.4 Å². The number of hydrogen-bond donors (Lipinski definition) is 3. The van der Waals surface area contributed by atoms with Crippen molar-refractivity contribution in [2.75, 3.05) is 27.9 Å². The fourth-order valence-corrected chi connectivity index (χ4v) is 10.6.